The molecule has 122 valence electrons. The van der Waals surface area contributed by atoms with Crippen LogP contribution in [-0.2, 0) is 9.59 Å². The van der Waals surface area contributed by atoms with E-state index in [1.54, 1.807) is 0 Å². The van der Waals surface area contributed by atoms with Gasteiger partial charge in [-0.1, -0.05) is 20.3 Å². The van der Waals surface area contributed by atoms with Crippen molar-refractivity contribution in [2.24, 2.45) is 11.7 Å². The molecule has 0 bridgehead atoms. The van der Waals surface area contributed by atoms with E-state index in [4.69, 9.17) is 5.73 Å². The highest BCUT2D eigenvalue weighted by molar-refractivity contribution is 5.77. The van der Waals surface area contributed by atoms with E-state index < -0.39 is 0 Å². The SMILES string of the molecule is CCC(=O)N1CCCN(C(=O)CCC(CC)CCN)CC1. The molecule has 0 saturated carbocycles. The van der Waals surface area contributed by atoms with Crippen molar-refractivity contribution in [2.75, 3.05) is 32.7 Å². The summed E-state index contributed by atoms with van der Waals surface area (Å²) in [7, 11) is 0. The van der Waals surface area contributed by atoms with Crippen molar-refractivity contribution in [2.45, 2.75) is 52.4 Å². The number of carbonyl (C=O) groups is 2. The van der Waals surface area contributed by atoms with E-state index in [0.717, 1.165) is 38.8 Å². The van der Waals surface area contributed by atoms with Gasteiger partial charge in [-0.3, -0.25) is 9.59 Å². The summed E-state index contributed by atoms with van der Waals surface area (Å²) in [6.45, 7) is 7.66. The predicted octanol–water partition coefficient (Wildman–Crippen LogP) is 1.61. The summed E-state index contributed by atoms with van der Waals surface area (Å²) >= 11 is 0. The van der Waals surface area contributed by atoms with Gasteiger partial charge in [-0.25, -0.2) is 0 Å². The molecule has 0 aromatic heterocycles. The number of amides is 2. The molecule has 1 aliphatic rings. The molecule has 5 heteroatoms. The second kappa shape index (κ2) is 9.77. The average Bonchev–Trinajstić information content (AvgIpc) is 2.76. The van der Waals surface area contributed by atoms with Crippen molar-refractivity contribution < 1.29 is 9.59 Å². The lowest BCUT2D eigenvalue weighted by atomic mass is 9.96. The zero-order valence-electron chi connectivity index (χ0n) is 13.6. The standard InChI is InChI=1S/C16H31N3O2/c1-3-14(8-9-17)6-7-16(21)19-11-5-10-18(12-13-19)15(20)4-2/h14H,3-13,17H2,1-2H3. The summed E-state index contributed by atoms with van der Waals surface area (Å²) in [6, 6.07) is 0. The van der Waals surface area contributed by atoms with E-state index in [-0.39, 0.29) is 11.8 Å². The van der Waals surface area contributed by atoms with Crippen LogP contribution < -0.4 is 5.73 Å². The maximum absolute atomic E-state index is 12.3. The first kappa shape index (κ1) is 18.0. The Labute approximate surface area is 128 Å². The maximum atomic E-state index is 12.3. The lowest BCUT2D eigenvalue weighted by Gasteiger charge is -2.23. The first-order chi connectivity index (χ1) is 10.1. The zero-order chi connectivity index (χ0) is 15.7. The number of carbonyl (C=O) groups excluding carboxylic acids is 2. The number of nitrogens with two attached hydrogens (primary N) is 1. The van der Waals surface area contributed by atoms with Crippen LogP contribution in [0.4, 0.5) is 0 Å². The molecule has 0 radical (unpaired) electrons. The third kappa shape index (κ3) is 6.04. The summed E-state index contributed by atoms with van der Waals surface area (Å²) in [5.74, 6) is 0.985. The average molecular weight is 297 g/mol. The number of hydrogen-bond donors (Lipinski definition) is 1. The third-order valence-corrected chi connectivity index (χ3v) is 4.42. The van der Waals surface area contributed by atoms with Crippen LogP contribution in [0.2, 0.25) is 0 Å². The monoisotopic (exact) mass is 297 g/mol. The van der Waals surface area contributed by atoms with Crippen molar-refractivity contribution >= 4 is 11.8 Å². The fraction of sp³-hybridized carbons (Fsp3) is 0.875. The van der Waals surface area contributed by atoms with Gasteiger partial charge in [0.2, 0.25) is 11.8 Å². The van der Waals surface area contributed by atoms with Crippen LogP contribution >= 0.6 is 0 Å². The van der Waals surface area contributed by atoms with E-state index in [1.807, 2.05) is 16.7 Å². The zero-order valence-corrected chi connectivity index (χ0v) is 13.6. The molecular formula is C16H31N3O2. The minimum Gasteiger partial charge on any atom is -0.341 e. The lowest BCUT2D eigenvalue weighted by Crippen LogP contribution is -2.37. The molecule has 5 nitrogen and oxygen atoms in total. The molecule has 1 saturated heterocycles. The Morgan fingerprint density at radius 2 is 1.62 bits per heavy atom. The quantitative estimate of drug-likeness (QED) is 0.776. The van der Waals surface area contributed by atoms with Crippen LogP contribution in [0.1, 0.15) is 52.4 Å². The van der Waals surface area contributed by atoms with Gasteiger partial charge in [0.05, 0.1) is 0 Å². The van der Waals surface area contributed by atoms with Crippen LogP contribution in [0.15, 0.2) is 0 Å². The molecule has 0 spiro atoms. The summed E-state index contributed by atoms with van der Waals surface area (Å²) in [4.78, 5) is 27.9. The third-order valence-electron chi connectivity index (χ3n) is 4.42. The molecule has 21 heavy (non-hydrogen) atoms. The molecule has 0 aliphatic carbocycles. The van der Waals surface area contributed by atoms with Crippen molar-refractivity contribution in [3.63, 3.8) is 0 Å². The molecular weight excluding hydrogens is 266 g/mol. The summed E-state index contributed by atoms with van der Waals surface area (Å²) in [5.41, 5.74) is 5.60. The van der Waals surface area contributed by atoms with Gasteiger partial charge in [-0.2, -0.15) is 0 Å². The van der Waals surface area contributed by atoms with Crippen molar-refractivity contribution in [1.29, 1.82) is 0 Å². The van der Waals surface area contributed by atoms with Crippen LogP contribution in [0.3, 0.4) is 0 Å². The van der Waals surface area contributed by atoms with Crippen molar-refractivity contribution in [3.8, 4) is 0 Å². The molecule has 1 atom stereocenters. The second-order valence-electron chi connectivity index (χ2n) is 5.86. The fourth-order valence-electron chi connectivity index (χ4n) is 2.91. The molecule has 1 fully saturated rings. The Bertz CT molecular complexity index is 333. The highest BCUT2D eigenvalue weighted by Gasteiger charge is 2.21. The Morgan fingerprint density at radius 1 is 1.00 bits per heavy atom. The van der Waals surface area contributed by atoms with Gasteiger partial charge in [0.15, 0.2) is 0 Å². The van der Waals surface area contributed by atoms with Gasteiger partial charge in [-0.05, 0) is 31.7 Å². The van der Waals surface area contributed by atoms with Crippen LogP contribution in [0.5, 0.6) is 0 Å². The van der Waals surface area contributed by atoms with Crippen molar-refractivity contribution in [1.82, 2.24) is 9.80 Å². The van der Waals surface area contributed by atoms with Gasteiger partial charge in [0.25, 0.3) is 0 Å². The van der Waals surface area contributed by atoms with E-state index >= 15 is 0 Å². The van der Waals surface area contributed by atoms with Gasteiger partial charge in [0.1, 0.15) is 0 Å². The molecule has 1 unspecified atom stereocenters. The highest BCUT2D eigenvalue weighted by Crippen LogP contribution is 2.16. The smallest absolute Gasteiger partial charge is 0.222 e. The van der Waals surface area contributed by atoms with Crippen LogP contribution in [0, 0.1) is 5.92 Å². The lowest BCUT2D eigenvalue weighted by molar-refractivity contribution is -0.133. The first-order valence-electron chi connectivity index (χ1n) is 8.37. The van der Waals surface area contributed by atoms with Crippen LogP contribution in [0.25, 0.3) is 0 Å². The molecule has 2 amide bonds. The molecule has 1 rings (SSSR count). The summed E-state index contributed by atoms with van der Waals surface area (Å²) < 4.78 is 0. The number of rotatable bonds is 7. The highest BCUT2D eigenvalue weighted by atomic mass is 16.2. The van der Waals surface area contributed by atoms with Gasteiger partial charge < -0.3 is 15.5 Å². The Hall–Kier alpha value is -1.10. The largest absolute Gasteiger partial charge is 0.341 e. The summed E-state index contributed by atoms with van der Waals surface area (Å²) in [6.07, 6.45) is 5.06. The molecule has 1 heterocycles. The second-order valence-corrected chi connectivity index (χ2v) is 5.86. The van der Waals surface area contributed by atoms with Crippen molar-refractivity contribution in [3.05, 3.63) is 0 Å². The molecule has 0 aromatic carbocycles. The number of nitrogens with zero attached hydrogens (tertiary/aromatic N) is 2. The van der Waals surface area contributed by atoms with E-state index in [2.05, 4.69) is 6.92 Å². The van der Waals surface area contributed by atoms with Gasteiger partial charge in [-0.15, -0.1) is 0 Å². The minimum atomic E-state index is 0.193. The summed E-state index contributed by atoms with van der Waals surface area (Å²) in [5, 5.41) is 0. The minimum absolute atomic E-state index is 0.193. The first-order valence-corrected chi connectivity index (χ1v) is 8.37. The Kier molecular flexibility index (Phi) is 8.35. The Balaban J connectivity index is 2.39. The molecule has 1 aliphatic heterocycles. The van der Waals surface area contributed by atoms with Gasteiger partial charge in [0, 0.05) is 39.0 Å². The van der Waals surface area contributed by atoms with E-state index in [9.17, 15) is 9.59 Å². The molecule has 0 aromatic rings. The van der Waals surface area contributed by atoms with E-state index in [1.165, 1.54) is 0 Å². The number of hydrogen-bond acceptors (Lipinski definition) is 3. The Morgan fingerprint density at radius 3 is 2.14 bits per heavy atom. The topological polar surface area (TPSA) is 66.6 Å². The maximum Gasteiger partial charge on any atom is 0.222 e. The van der Waals surface area contributed by atoms with Gasteiger partial charge >= 0.3 is 0 Å². The normalized spacial score (nSPS) is 17.5. The fourth-order valence-corrected chi connectivity index (χ4v) is 2.91. The van der Waals surface area contributed by atoms with Crippen LogP contribution in [-0.4, -0.2) is 54.3 Å². The molecule has 2 N–H and O–H groups in total. The predicted molar refractivity (Wildman–Crippen MR) is 84.8 cm³/mol. The van der Waals surface area contributed by atoms with E-state index in [0.29, 0.717) is 38.4 Å².